The SMILES string of the molecule is N#Cc1cc(F)cc(COc2ccccc2CCO)c1. The Morgan fingerprint density at radius 3 is 2.75 bits per heavy atom. The summed E-state index contributed by atoms with van der Waals surface area (Å²) in [6, 6.07) is 13.4. The molecule has 0 spiro atoms. The van der Waals surface area contributed by atoms with E-state index in [0.717, 1.165) is 5.56 Å². The summed E-state index contributed by atoms with van der Waals surface area (Å²) < 4.78 is 18.9. The molecule has 0 fully saturated rings. The van der Waals surface area contributed by atoms with Crippen LogP contribution in [0.25, 0.3) is 0 Å². The predicted molar refractivity (Wildman–Crippen MR) is 72.7 cm³/mol. The molecule has 0 aromatic heterocycles. The van der Waals surface area contributed by atoms with Gasteiger partial charge in [0.15, 0.2) is 0 Å². The molecule has 1 N–H and O–H groups in total. The molecule has 0 aliphatic heterocycles. The van der Waals surface area contributed by atoms with Gasteiger partial charge in [-0.15, -0.1) is 0 Å². The van der Waals surface area contributed by atoms with Gasteiger partial charge in [-0.3, -0.25) is 0 Å². The van der Waals surface area contributed by atoms with Crippen LogP contribution in [0.2, 0.25) is 0 Å². The quantitative estimate of drug-likeness (QED) is 0.909. The van der Waals surface area contributed by atoms with Gasteiger partial charge >= 0.3 is 0 Å². The van der Waals surface area contributed by atoms with Crippen molar-refractivity contribution in [2.45, 2.75) is 13.0 Å². The molecule has 2 aromatic carbocycles. The Balaban J connectivity index is 2.13. The van der Waals surface area contributed by atoms with Crippen molar-refractivity contribution in [3.63, 3.8) is 0 Å². The largest absolute Gasteiger partial charge is 0.489 e. The average molecular weight is 271 g/mol. The van der Waals surface area contributed by atoms with E-state index < -0.39 is 5.82 Å². The molecule has 0 amide bonds. The number of nitriles is 1. The number of halogens is 1. The third-order valence-corrected chi connectivity index (χ3v) is 2.83. The number of ether oxygens (including phenoxy) is 1. The minimum Gasteiger partial charge on any atom is -0.489 e. The maximum Gasteiger partial charge on any atom is 0.124 e. The lowest BCUT2D eigenvalue weighted by Gasteiger charge is -2.11. The molecule has 20 heavy (non-hydrogen) atoms. The van der Waals surface area contributed by atoms with Gasteiger partial charge in [-0.05, 0) is 41.8 Å². The van der Waals surface area contributed by atoms with Crippen LogP contribution in [-0.2, 0) is 13.0 Å². The lowest BCUT2D eigenvalue weighted by atomic mass is 10.1. The highest BCUT2D eigenvalue weighted by atomic mass is 19.1. The number of nitrogens with zero attached hydrogens (tertiary/aromatic N) is 1. The summed E-state index contributed by atoms with van der Waals surface area (Å²) in [6.07, 6.45) is 0.503. The maximum absolute atomic E-state index is 13.3. The van der Waals surface area contributed by atoms with Crippen LogP contribution in [0.3, 0.4) is 0 Å². The number of benzene rings is 2. The molecule has 0 aliphatic rings. The first-order valence-electron chi connectivity index (χ1n) is 6.24. The van der Waals surface area contributed by atoms with E-state index in [4.69, 9.17) is 15.1 Å². The summed E-state index contributed by atoms with van der Waals surface area (Å²) >= 11 is 0. The second-order valence-electron chi connectivity index (χ2n) is 4.33. The van der Waals surface area contributed by atoms with Crippen molar-refractivity contribution in [2.24, 2.45) is 0 Å². The summed E-state index contributed by atoms with van der Waals surface area (Å²) in [6.45, 7) is 0.216. The highest BCUT2D eigenvalue weighted by molar-refractivity contribution is 5.35. The molecule has 0 unspecified atom stereocenters. The molecule has 2 aromatic rings. The summed E-state index contributed by atoms with van der Waals surface area (Å²) in [4.78, 5) is 0. The molecule has 102 valence electrons. The molecule has 0 saturated heterocycles. The van der Waals surface area contributed by atoms with Crippen LogP contribution in [0.4, 0.5) is 4.39 Å². The van der Waals surface area contributed by atoms with Crippen molar-refractivity contribution in [1.29, 1.82) is 5.26 Å². The summed E-state index contributed by atoms with van der Waals surface area (Å²) in [5.41, 5.74) is 1.76. The Labute approximate surface area is 116 Å². The van der Waals surface area contributed by atoms with Crippen LogP contribution >= 0.6 is 0 Å². The molecular formula is C16H14FNO2. The Kier molecular flexibility index (Phi) is 4.70. The fourth-order valence-corrected chi connectivity index (χ4v) is 1.93. The lowest BCUT2D eigenvalue weighted by Crippen LogP contribution is -2.01. The highest BCUT2D eigenvalue weighted by Crippen LogP contribution is 2.20. The van der Waals surface area contributed by atoms with Crippen LogP contribution in [0.15, 0.2) is 42.5 Å². The number of aliphatic hydroxyl groups excluding tert-OH is 1. The minimum atomic E-state index is -0.453. The summed E-state index contributed by atoms with van der Waals surface area (Å²) in [5, 5.41) is 17.8. The first kappa shape index (κ1) is 14.0. The van der Waals surface area contributed by atoms with Crippen molar-refractivity contribution in [1.82, 2.24) is 0 Å². The zero-order chi connectivity index (χ0) is 14.4. The molecule has 0 radical (unpaired) electrons. The topological polar surface area (TPSA) is 53.2 Å². The van der Waals surface area contributed by atoms with Crippen molar-refractivity contribution >= 4 is 0 Å². The smallest absolute Gasteiger partial charge is 0.124 e. The molecule has 4 heteroatoms. The first-order chi connectivity index (χ1) is 9.72. The Morgan fingerprint density at radius 2 is 2.00 bits per heavy atom. The van der Waals surface area contributed by atoms with Gasteiger partial charge in [0.25, 0.3) is 0 Å². The van der Waals surface area contributed by atoms with Crippen molar-refractivity contribution < 1.29 is 14.2 Å². The third-order valence-electron chi connectivity index (χ3n) is 2.83. The number of para-hydroxylation sites is 1. The molecule has 0 saturated carbocycles. The Morgan fingerprint density at radius 1 is 1.20 bits per heavy atom. The summed E-state index contributed by atoms with van der Waals surface area (Å²) in [7, 11) is 0. The third kappa shape index (κ3) is 3.56. The normalized spacial score (nSPS) is 10.1. The predicted octanol–water partition coefficient (Wildman–Crippen LogP) is 2.81. The van der Waals surface area contributed by atoms with E-state index in [9.17, 15) is 4.39 Å². The number of hydrogen-bond donors (Lipinski definition) is 1. The van der Waals surface area contributed by atoms with Gasteiger partial charge in [0, 0.05) is 6.61 Å². The van der Waals surface area contributed by atoms with E-state index >= 15 is 0 Å². The van der Waals surface area contributed by atoms with Gasteiger partial charge < -0.3 is 9.84 Å². The molecule has 2 rings (SSSR count). The number of rotatable bonds is 5. The van der Waals surface area contributed by atoms with E-state index in [-0.39, 0.29) is 18.8 Å². The van der Waals surface area contributed by atoms with Gasteiger partial charge in [-0.2, -0.15) is 5.26 Å². The van der Waals surface area contributed by atoms with E-state index in [1.54, 1.807) is 12.1 Å². The van der Waals surface area contributed by atoms with Crippen LogP contribution in [0.1, 0.15) is 16.7 Å². The van der Waals surface area contributed by atoms with Gasteiger partial charge in [0.05, 0.1) is 11.6 Å². The second-order valence-corrected chi connectivity index (χ2v) is 4.33. The van der Waals surface area contributed by atoms with E-state index in [0.29, 0.717) is 17.7 Å². The Bertz CT molecular complexity index is 635. The fraction of sp³-hybridized carbons (Fsp3) is 0.188. The van der Waals surface area contributed by atoms with E-state index in [1.807, 2.05) is 24.3 Å². The monoisotopic (exact) mass is 271 g/mol. The van der Waals surface area contributed by atoms with Crippen LogP contribution in [-0.4, -0.2) is 11.7 Å². The summed E-state index contributed by atoms with van der Waals surface area (Å²) in [5.74, 6) is 0.204. The molecule has 0 atom stereocenters. The van der Waals surface area contributed by atoms with Crippen LogP contribution in [0, 0.1) is 17.1 Å². The fourth-order valence-electron chi connectivity index (χ4n) is 1.93. The maximum atomic E-state index is 13.3. The second kappa shape index (κ2) is 6.69. The average Bonchev–Trinajstić information content (AvgIpc) is 2.46. The molecule has 0 aliphatic carbocycles. The van der Waals surface area contributed by atoms with Crippen molar-refractivity contribution in [2.75, 3.05) is 6.61 Å². The standard InChI is InChI=1S/C16H14FNO2/c17-15-8-12(10-18)7-13(9-15)11-20-16-4-2-1-3-14(16)5-6-19/h1-4,7-9,19H,5-6,11H2. The van der Waals surface area contributed by atoms with Crippen LogP contribution < -0.4 is 4.74 Å². The van der Waals surface area contributed by atoms with E-state index in [2.05, 4.69) is 0 Å². The molecule has 0 heterocycles. The molecular weight excluding hydrogens is 257 g/mol. The number of hydrogen-bond acceptors (Lipinski definition) is 3. The van der Waals surface area contributed by atoms with Gasteiger partial charge in [0.2, 0.25) is 0 Å². The van der Waals surface area contributed by atoms with Gasteiger partial charge in [-0.25, -0.2) is 4.39 Å². The van der Waals surface area contributed by atoms with Crippen molar-refractivity contribution in [3.8, 4) is 11.8 Å². The van der Waals surface area contributed by atoms with Crippen LogP contribution in [0.5, 0.6) is 5.75 Å². The van der Waals surface area contributed by atoms with Crippen molar-refractivity contribution in [3.05, 3.63) is 65.0 Å². The Hall–Kier alpha value is -2.38. The first-order valence-corrected chi connectivity index (χ1v) is 6.24. The number of aliphatic hydroxyl groups is 1. The minimum absolute atomic E-state index is 0.0406. The lowest BCUT2D eigenvalue weighted by molar-refractivity contribution is 0.283. The molecule has 0 bridgehead atoms. The van der Waals surface area contributed by atoms with E-state index in [1.165, 1.54) is 12.1 Å². The highest BCUT2D eigenvalue weighted by Gasteiger charge is 2.05. The van der Waals surface area contributed by atoms with Gasteiger partial charge in [0.1, 0.15) is 18.2 Å². The molecule has 3 nitrogen and oxygen atoms in total. The van der Waals surface area contributed by atoms with Gasteiger partial charge in [-0.1, -0.05) is 18.2 Å². The zero-order valence-corrected chi connectivity index (χ0v) is 10.8. The zero-order valence-electron chi connectivity index (χ0n) is 10.8.